The summed E-state index contributed by atoms with van der Waals surface area (Å²) in [6.45, 7) is 2.03. The van der Waals surface area contributed by atoms with Gasteiger partial charge in [0.05, 0.1) is 23.3 Å². The Morgan fingerprint density at radius 2 is 2.20 bits per heavy atom. The SMILES string of the molecule is Cc1nn(C)c2sc(C(=O)NCCOC(N)=O)c(N)c12. The molecule has 0 atom stereocenters. The Bertz CT molecular complexity index is 675. The van der Waals surface area contributed by atoms with E-state index >= 15 is 0 Å². The van der Waals surface area contributed by atoms with Crippen LogP contribution < -0.4 is 16.8 Å². The molecule has 9 heteroatoms. The molecule has 0 radical (unpaired) electrons. The highest BCUT2D eigenvalue weighted by Crippen LogP contribution is 2.35. The van der Waals surface area contributed by atoms with Crippen molar-refractivity contribution in [2.24, 2.45) is 12.8 Å². The summed E-state index contributed by atoms with van der Waals surface area (Å²) in [7, 11) is 1.80. The van der Waals surface area contributed by atoms with E-state index in [-0.39, 0.29) is 19.1 Å². The van der Waals surface area contributed by atoms with Gasteiger partial charge in [-0.1, -0.05) is 0 Å². The molecule has 0 spiro atoms. The zero-order valence-corrected chi connectivity index (χ0v) is 11.9. The minimum Gasteiger partial charge on any atom is -0.448 e. The maximum absolute atomic E-state index is 12.0. The molecule has 0 aliphatic heterocycles. The Kier molecular flexibility index (Phi) is 3.79. The van der Waals surface area contributed by atoms with Gasteiger partial charge in [-0.2, -0.15) is 5.10 Å². The van der Waals surface area contributed by atoms with Crippen molar-refractivity contribution >= 4 is 39.2 Å². The Balaban J connectivity index is 2.12. The van der Waals surface area contributed by atoms with Gasteiger partial charge in [0, 0.05) is 7.05 Å². The second kappa shape index (κ2) is 5.37. The van der Waals surface area contributed by atoms with Crippen molar-refractivity contribution in [2.75, 3.05) is 18.9 Å². The lowest BCUT2D eigenvalue weighted by molar-refractivity contribution is 0.0941. The summed E-state index contributed by atoms with van der Waals surface area (Å²) in [6, 6.07) is 0. The molecule has 2 amide bonds. The third-order valence-electron chi connectivity index (χ3n) is 2.72. The highest BCUT2D eigenvalue weighted by atomic mass is 32.1. The summed E-state index contributed by atoms with van der Waals surface area (Å²) in [4.78, 5) is 23.7. The maximum atomic E-state index is 12.0. The zero-order valence-electron chi connectivity index (χ0n) is 11.1. The highest BCUT2D eigenvalue weighted by molar-refractivity contribution is 7.21. The Hall–Kier alpha value is -2.29. The summed E-state index contributed by atoms with van der Waals surface area (Å²) < 4.78 is 6.22. The van der Waals surface area contributed by atoms with Crippen LogP contribution >= 0.6 is 11.3 Å². The molecule has 0 fully saturated rings. The summed E-state index contributed by atoms with van der Waals surface area (Å²) in [5.41, 5.74) is 12.0. The number of carbonyl (C=O) groups is 2. The average molecular weight is 297 g/mol. The molecule has 2 aromatic heterocycles. The van der Waals surface area contributed by atoms with Gasteiger partial charge >= 0.3 is 6.09 Å². The average Bonchev–Trinajstić information content (AvgIpc) is 2.85. The molecule has 108 valence electrons. The van der Waals surface area contributed by atoms with Gasteiger partial charge in [0.2, 0.25) is 0 Å². The number of fused-ring (bicyclic) bond motifs is 1. The van der Waals surface area contributed by atoms with E-state index < -0.39 is 6.09 Å². The summed E-state index contributed by atoms with van der Waals surface area (Å²) in [5, 5.41) is 7.67. The first-order valence-corrected chi connectivity index (χ1v) is 6.65. The van der Waals surface area contributed by atoms with Crippen LogP contribution in [0.2, 0.25) is 0 Å². The number of primary amides is 1. The number of hydrogen-bond donors (Lipinski definition) is 3. The van der Waals surface area contributed by atoms with Gasteiger partial charge in [-0.3, -0.25) is 9.48 Å². The number of nitrogens with zero attached hydrogens (tertiary/aromatic N) is 2. The molecular weight excluding hydrogens is 282 g/mol. The minimum absolute atomic E-state index is 0.0203. The monoisotopic (exact) mass is 297 g/mol. The second-order valence-electron chi connectivity index (χ2n) is 4.16. The fourth-order valence-corrected chi connectivity index (χ4v) is 3.00. The fraction of sp³-hybridized carbons (Fsp3) is 0.364. The number of nitrogens with one attached hydrogen (secondary N) is 1. The van der Waals surface area contributed by atoms with Gasteiger partial charge in [0.25, 0.3) is 5.91 Å². The van der Waals surface area contributed by atoms with E-state index in [9.17, 15) is 9.59 Å². The number of nitrogen functional groups attached to an aromatic ring is 1. The summed E-state index contributed by atoms with van der Waals surface area (Å²) >= 11 is 1.27. The number of carbonyl (C=O) groups excluding carboxylic acids is 2. The van der Waals surface area contributed by atoms with E-state index in [4.69, 9.17) is 11.5 Å². The van der Waals surface area contributed by atoms with E-state index in [0.29, 0.717) is 10.6 Å². The van der Waals surface area contributed by atoms with Crippen LogP contribution in [0.4, 0.5) is 10.5 Å². The van der Waals surface area contributed by atoms with E-state index in [1.807, 2.05) is 6.92 Å². The van der Waals surface area contributed by atoms with Crippen molar-refractivity contribution in [3.8, 4) is 0 Å². The van der Waals surface area contributed by atoms with Gasteiger partial charge in [-0.05, 0) is 6.92 Å². The molecule has 2 aromatic rings. The molecule has 0 unspecified atom stereocenters. The third-order valence-corrected chi connectivity index (χ3v) is 3.99. The second-order valence-corrected chi connectivity index (χ2v) is 5.16. The van der Waals surface area contributed by atoms with E-state index in [0.717, 1.165) is 15.9 Å². The molecule has 0 saturated heterocycles. The lowest BCUT2D eigenvalue weighted by Gasteiger charge is -2.04. The fourth-order valence-electron chi connectivity index (χ4n) is 1.89. The first-order valence-electron chi connectivity index (χ1n) is 5.83. The number of aromatic nitrogens is 2. The van der Waals surface area contributed by atoms with Crippen molar-refractivity contribution in [1.82, 2.24) is 15.1 Å². The maximum Gasteiger partial charge on any atom is 0.404 e. The number of anilines is 1. The standard InChI is InChI=1S/C11H15N5O3S/c1-5-6-7(12)8(20-10(6)16(2)15-5)9(17)14-3-4-19-11(13)18/h3-4,12H2,1-2H3,(H2,13,18)(H,14,17). The van der Waals surface area contributed by atoms with Crippen LogP contribution in [0.1, 0.15) is 15.4 Å². The third kappa shape index (κ3) is 2.52. The lowest BCUT2D eigenvalue weighted by Crippen LogP contribution is -2.28. The molecule has 0 aliphatic rings. The van der Waals surface area contributed by atoms with Gasteiger partial charge < -0.3 is 21.5 Å². The van der Waals surface area contributed by atoms with Gasteiger partial charge in [0.15, 0.2) is 0 Å². The molecule has 0 bridgehead atoms. The van der Waals surface area contributed by atoms with E-state index in [1.54, 1.807) is 11.7 Å². The van der Waals surface area contributed by atoms with Crippen molar-refractivity contribution < 1.29 is 14.3 Å². The molecule has 2 rings (SSSR count). The molecule has 2 heterocycles. The first kappa shape index (κ1) is 14.1. The molecule has 5 N–H and O–H groups in total. The Morgan fingerprint density at radius 1 is 1.50 bits per heavy atom. The summed E-state index contributed by atoms with van der Waals surface area (Å²) in [6.07, 6.45) is -0.873. The largest absolute Gasteiger partial charge is 0.448 e. The van der Waals surface area contributed by atoms with Crippen molar-refractivity contribution in [1.29, 1.82) is 0 Å². The van der Waals surface area contributed by atoms with Crippen LogP contribution in [-0.4, -0.2) is 34.9 Å². The molecule has 0 aromatic carbocycles. The lowest BCUT2D eigenvalue weighted by atomic mass is 10.2. The van der Waals surface area contributed by atoms with Gasteiger partial charge in [-0.15, -0.1) is 11.3 Å². The highest BCUT2D eigenvalue weighted by Gasteiger charge is 2.20. The summed E-state index contributed by atoms with van der Waals surface area (Å²) in [5.74, 6) is -0.309. The molecule has 0 saturated carbocycles. The van der Waals surface area contributed by atoms with Crippen molar-refractivity contribution in [2.45, 2.75) is 6.92 Å². The quantitative estimate of drug-likeness (QED) is 0.702. The smallest absolute Gasteiger partial charge is 0.404 e. The molecule has 0 aliphatic carbocycles. The Labute approximate surface area is 118 Å². The van der Waals surface area contributed by atoms with Crippen LogP contribution in [0.15, 0.2) is 0 Å². The first-order chi connectivity index (χ1) is 9.41. The van der Waals surface area contributed by atoms with Gasteiger partial charge in [-0.25, -0.2) is 4.79 Å². The normalized spacial score (nSPS) is 10.7. The predicted octanol–water partition coefficient (Wildman–Crippen LogP) is 0.351. The topological polar surface area (TPSA) is 125 Å². The molecule has 8 nitrogen and oxygen atoms in total. The predicted molar refractivity (Wildman–Crippen MR) is 75.6 cm³/mol. The van der Waals surface area contributed by atoms with Crippen LogP contribution in [0, 0.1) is 6.92 Å². The Morgan fingerprint density at radius 3 is 2.80 bits per heavy atom. The van der Waals surface area contributed by atoms with Crippen molar-refractivity contribution in [3.05, 3.63) is 10.6 Å². The van der Waals surface area contributed by atoms with Crippen LogP contribution in [-0.2, 0) is 11.8 Å². The number of thiophene rings is 1. The van der Waals surface area contributed by atoms with Crippen LogP contribution in [0.5, 0.6) is 0 Å². The number of nitrogens with two attached hydrogens (primary N) is 2. The van der Waals surface area contributed by atoms with Crippen LogP contribution in [0.25, 0.3) is 10.2 Å². The number of amides is 2. The molecule has 20 heavy (non-hydrogen) atoms. The number of rotatable bonds is 4. The van der Waals surface area contributed by atoms with E-state index in [1.165, 1.54) is 11.3 Å². The van der Waals surface area contributed by atoms with Crippen LogP contribution in [0.3, 0.4) is 0 Å². The zero-order chi connectivity index (χ0) is 14.9. The number of hydrogen-bond acceptors (Lipinski definition) is 6. The number of aryl methyl sites for hydroxylation is 2. The minimum atomic E-state index is -0.873. The molecular formula is C11H15N5O3S. The number of ether oxygens (including phenoxy) is 1. The van der Waals surface area contributed by atoms with Crippen molar-refractivity contribution in [3.63, 3.8) is 0 Å². The van der Waals surface area contributed by atoms with E-state index in [2.05, 4.69) is 15.2 Å². The van der Waals surface area contributed by atoms with Gasteiger partial charge in [0.1, 0.15) is 16.3 Å².